The molecule has 124 valence electrons. The fourth-order valence-corrected chi connectivity index (χ4v) is 2.53. The Balaban J connectivity index is 1.86. The summed E-state index contributed by atoms with van der Waals surface area (Å²) < 4.78 is 42.6. The van der Waals surface area contributed by atoms with Crippen molar-refractivity contribution in [1.29, 1.82) is 0 Å². The lowest BCUT2D eigenvalue weighted by molar-refractivity contribution is -0.153. The van der Waals surface area contributed by atoms with Gasteiger partial charge in [-0.25, -0.2) is 4.79 Å². The molecule has 1 aromatic rings. The highest BCUT2D eigenvalue weighted by Gasteiger charge is 2.36. The third-order valence-electron chi connectivity index (χ3n) is 3.74. The van der Waals surface area contributed by atoms with Crippen molar-refractivity contribution >= 4 is 6.03 Å². The summed E-state index contributed by atoms with van der Waals surface area (Å²) >= 11 is 0. The lowest BCUT2D eigenvalue weighted by Crippen LogP contribution is -2.57. The number of rotatable bonds is 3. The fraction of sp³-hybridized carbons (Fsp3) is 0.643. The van der Waals surface area contributed by atoms with Crippen LogP contribution in [0.5, 0.6) is 0 Å². The average molecular weight is 319 g/mol. The number of amides is 2. The van der Waals surface area contributed by atoms with Gasteiger partial charge in [0.05, 0.1) is 18.8 Å². The topological polar surface area (TPSA) is 48.7 Å². The first-order valence-electron chi connectivity index (χ1n) is 7.16. The van der Waals surface area contributed by atoms with Gasteiger partial charge in [0.1, 0.15) is 5.76 Å². The van der Waals surface area contributed by atoms with Gasteiger partial charge in [0.15, 0.2) is 0 Å². The Morgan fingerprint density at radius 1 is 1.50 bits per heavy atom. The van der Waals surface area contributed by atoms with Gasteiger partial charge in [-0.1, -0.05) is 0 Å². The van der Waals surface area contributed by atoms with E-state index in [1.165, 1.54) is 16.1 Å². The van der Waals surface area contributed by atoms with E-state index in [1.54, 1.807) is 26.0 Å². The fourth-order valence-electron chi connectivity index (χ4n) is 2.53. The molecular formula is C14H20F3N3O2. The number of halogens is 3. The predicted octanol–water partition coefficient (Wildman–Crippen LogP) is 2.62. The van der Waals surface area contributed by atoms with Crippen molar-refractivity contribution in [2.24, 2.45) is 0 Å². The molecule has 2 heterocycles. The van der Waals surface area contributed by atoms with Crippen molar-refractivity contribution in [3.63, 3.8) is 0 Å². The normalized spacial score (nSPS) is 21.7. The summed E-state index contributed by atoms with van der Waals surface area (Å²) in [6.07, 6.45) is -2.69. The van der Waals surface area contributed by atoms with E-state index in [4.69, 9.17) is 4.42 Å². The van der Waals surface area contributed by atoms with E-state index in [2.05, 4.69) is 5.32 Å². The highest BCUT2D eigenvalue weighted by molar-refractivity contribution is 5.74. The molecule has 1 aliphatic rings. The molecule has 1 fully saturated rings. The highest BCUT2D eigenvalue weighted by Crippen LogP contribution is 2.20. The third-order valence-corrected chi connectivity index (χ3v) is 3.74. The van der Waals surface area contributed by atoms with Crippen LogP contribution in [0.1, 0.15) is 25.6 Å². The van der Waals surface area contributed by atoms with Crippen LogP contribution in [0.25, 0.3) is 0 Å². The zero-order valence-electron chi connectivity index (χ0n) is 12.6. The maximum atomic E-state index is 12.5. The van der Waals surface area contributed by atoms with Crippen molar-refractivity contribution in [3.05, 3.63) is 24.2 Å². The van der Waals surface area contributed by atoms with Crippen molar-refractivity contribution < 1.29 is 22.4 Å². The molecule has 2 rings (SSSR count). The average Bonchev–Trinajstić information content (AvgIpc) is 2.93. The molecule has 2 atom stereocenters. The van der Waals surface area contributed by atoms with Crippen LogP contribution in [-0.4, -0.2) is 54.2 Å². The van der Waals surface area contributed by atoms with Gasteiger partial charge in [0, 0.05) is 25.7 Å². The lowest BCUT2D eigenvalue weighted by Gasteiger charge is -2.40. The molecule has 2 amide bonds. The molecule has 1 aliphatic heterocycles. The van der Waals surface area contributed by atoms with Gasteiger partial charge in [0.25, 0.3) is 0 Å². The van der Waals surface area contributed by atoms with Crippen molar-refractivity contribution in [2.75, 3.05) is 26.2 Å². The number of piperazine rings is 1. The van der Waals surface area contributed by atoms with E-state index >= 15 is 0 Å². The van der Waals surface area contributed by atoms with E-state index in [0.29, 0.717) is 5.76 Å². The first-order chi connectivity index (χ1) is 10.3. The largest absolute Gasteiger partial charge is 0.467 e. The van der Waals surface area contributed by atoms with Crippen LogP contribution in [0.15, 0.2) is 22.8 Å². The molecule has 0 radical (unpaired) electrons. The summed E-state index contributed by atoms with van der Waals surface area (Å²) in [6, 6.07) is 2.58. The van der Waals surface area contributed by atoms with Crippen LogP contribution >= 0.6 is 0 Å². The monoisotopic (exact) mass is 319 g/mol. The summed E-state index contributed by atoms with van der Waals surface area (Å²) in [5, 5.41) is 2.79. The summed E-state index contributed by atoms with van der Waals surface area (Å²) in [5.41, 5.74) is 0. The van der Waals surface area contributed by atoms with Crippen LogP contribution in [0.4, 0.5) is 18.0 Å². The first kappa shape index (κ1) is 16.7. The quantitative estimate of drug-likeness (QED) is 0.932. The molecule has 5 nitrogen and oxygen atoms in total. The van der Waals surface area contributed by atoms with Gasteiger partial charge < -0.3 is 14.6 Å². The second kappa shape index (κ2) is 6.60. The zero-order chi connectivity index (χ0) is 16.3. The highest BCUT2D eigenvalue weighted by atomic mass is 19.4. The van der Waals surface area contributed by atoms with E-state index in [-0.39, 0.29) is 37.7 Å². The number of hydrogen-bond acceptors (Lipinski definition) is 3. The molecule has 0 spiro atoms. The molecule has 1 aromatic heterocycles. The summed E-state index contributed by atoms with van der Waals surface area (Å²) in [4.78, 5) is 15.1. The molecule has 0 bridgehead atoms. The predicted molar refractivity (Wildman–Crippen MR) is 74.3 cm³/mol. The van der Waals surface area contributed by atoms with Crippen molar-refractivity contribution in [3.8, 4) is 0 Å². The van der Waals surface area contributed by atoms with Gasteiger partial charge in [-0.2, -0.15) is 13.2 Å². The maximum absolute atomic E-state index is 12.5. The Kier molecular flexibility index (Phi) is 5.00. The van der Waals surface area contributed by atoms with Crippen LogP contribution in [0, 0.1) is 0 Å². The molecule has 0 aromatic carbocycles. The Hall–Kier alpha value is -1.70. The van der Waals surface area contributed by atoms with Crippen molar-refractivity contribution in [2.45, 2.75) is 32.1 Å². The minimum atomic E-state index is -4.22. The molecule has 1 N–H and O–H groups in total. The number of furan rings is 1. The molecule has 1 saturated heterocycles. The number of carbonyl (C=O) groups is 1. The second-order valence-electron chi connectivity index (χ2n) is 5.57. The molecule has 0 unspecified atom stereocenters. The first-order valence-corrected chi connectivity index (χ1v) is 7.16. The van der Waals surface area contributed by atoms with Crippen LogP contribution in [0.2, 0.25) is 0 Å². The maximum Gasteiger partial charge on any atom is 0.401 e. The standard InChI is InChI=1S/C14H20F3N3O2/c1-10-8-19(5-6-20(10)9-14(15,16)17)13(21)18-11(2)12-4-3-7-22-12/h3-4,7,10-11H,5-6,8-9H2,1-2H3,(H,18,21)/t10-,11-/m1/s1. The van der Waals surface area contributed by atoms with Gasteiger partial charge in [-0.05, 0) is 26.0 Å². The smallest absolute Gasteiger partial charge is 0.401 e. The van der Waals surface area contributed by atoms with Crippen LogP contribution in [0.3, 0.4) is 0 Å². The molecule has 22 heavy (non-hydrogen) atoms. The lowest BCUT2D eigenvalue weighted by atomic mass is 10.2. The van der Waals surface area contributed by atoms with E-state index in [9.17, 15) is 18.0 Å². The van der Waals surface area contributed by atoms with Crippen molar-refractivity contribution in [1.82, 2.24) is 15.1 Å². The van der Waals surface area contributed by atoms with E-state index in [0.717, 1.165) is 0 Å². The molecular weight excluding hydrogens is 299 g/mol. The molecule has 0 aliphatic carbocycles. The zero-order valence-corrected chi connectivity index (χ0v) is 12.6. The number of carbonyl (C=O) groups excluding carboxylic acids is 1. The Morgan fingerprint density at radius 3 is 2.77 bits per heavy atom. The van der Waals surface area contributed by atoms with Gasteiger partial charge >= 0.3 is 12.2 Å². The third kappa shape index (κ3) is 4.40. The molecule has 8 heteroatoms. The summed E-state index contributed by atoms with van der Waals surface area (Å²) in [7, 11) is 0. The van der Waals surface area contributed by atoms with E-state index in [1.807, 2.05) is 0 Å². The summed E-state index contributed by atoms with van der Waals surface area (Å²) in [5.74, 6) is 0.636. The Bertz CT molecular complexity index is 490. The van der Waals surface area contributed by atoms with Crippen LogP contribution in [-0.2, 0) is 0 Å². The van der Waals surface area contributed by atoms with Gasteiger partial charge in [0.2, 0.25) is 0 Å². The Morgan fingerprint density at radius 2 is 2.23 bits per heavy atom. The summed E-state index contributed by atoms with van der Waals surface area (Å²) in [6.45, 7) is 3.31. The minimum Gasteiger partial charge on any atom is -0.467 e. The minimum absolute atomic E-state index is 0.212. The van der Waals surface area contributed by atoms with Gasteiger partial charge in [-0.3, -0.25) is 4.90 Å². The number of nitrogens with zero attached hydrogens (tertiary/aromatic N) is 2. The number of hydrogen-bond donors (Lipinski definition) is 1. The second-order valence-corrected chi connectivity index (χ2v) is 5.57. The van der Waals surface area contributed by atoms with E-state index < -0.39 is 12.7 Å². The van der Waals surface area contributed by atoms with Crippen LogP contribution < -0.4 is 5.32 Å². The van der Waals surface area contributed by atoms with Gasteiger partial charge in [-0.15, -0.1) is 0 Å². The number of urea groups is 1. The number of nitrogens with one attached hydrogen (secondary N) is 1. The Labute approximate surface area is 127 Å². The number of alkyl halides is 3. The molecule has 0 saturated carbocycles. The SMILES string of the molecule is C[C@@H]1CN(C(=O)N[C@H](C)c2ccco2)CCN1CC(F)(F)F.